The monoisotopic (exact) mass is 541 g/mol. The number of aromatic nitrogens is 5. The van der Waals surface area contributed by atoms with Gasteiger partial charge in [0.15, 0.2) is 11.2 Å². The molecule has 2 heterocycles. The molecule has 2 atom stereocenters. The number of nitrogens with one attached hydrogen (secondary N) is 2. The van der Waals surface area contributed by atoms with E-state index < -0.39 is 0 Å². The Balaban J connectivity index is 1.41. The zero-order valence-electron chi connectivity index (χ0n) is 24.3. The molecule has 2 aromatic heterocycles. The number of aliphatic hydroxyl groups excluding tert-OH is 1. The molecule has 2 aromatic carbocycles. The molecule has 0 aliphatic carbocycles. The van der Waals surface area contributed by atoms with Crippen LogP contribution < -0.4 is 10.6 Å². The molecular formula is C32H43N7O. The molecule has 4 rings (SSSR count). The molecule has 212 valence electrons. The van der Waals surface area contributed by atoms with Crippen LogP contribution in [0.4, 0.5) is 11.6 Å². The maximum absolute atomic E-state index is 9.13. The summed E-state index contributed by atoms with van der Waals surface area (Å²) in [6.07, 6.45) is 7.26. The Labute approximate surface area is 238 Å². The first kappa shape index (κ1) is 29.2. The van der Waals surface area contributed by atoms with Crippen LogP contribution in [0.3, 0.4) is 0 Å². The second-order valence-corrected chi connectivity index (χ2v) is 10.9. The first-order chi connectivity index (χ1) is 19.4. The largest absolute Gasteiger partial charge is 0.396 e. The molecule has 0 saturated heterocycles. The van der Waals surface area contributed by atoms with Gasteiger partial charge in [-0.1, -0.05) is 76.6 Å². The van der Waals surface area contributed by atoms with Crippen molar-refractivity contribution in [3.63, 3.8) is 0 Å². The van der Waals surface area contributed by atoms with Crippen LogP contribution in [0.2, 0.25) is 0 Å². The molecule has 3 N–H and O–H groups in total. The Hall–Kier alpha value is -3.78. The topological polar surface area (TPSA) is 101 Å². The molecule has 0 radical (unpaired) electrons. The lowest BCUT2D eigenvalue weighted by Gasteiger charge is -2.23. The Morgan fingerprint density at radius 3 is 2.52 bits per heavy atom. The van der Waals surface area contributed by atoms with Gasteiger partial charge in [0.1, 0.15) is 0 Å². The van der Waals surface area contributed by atoms with Crippen molar-refractivity contribution in [3.05, 3.63) is 78.1 Å². The standard InChI is InChI=1S/C32H43N7O/c1-6-25(7-2)18-22(3)17-23(4)24(5)33-20-27-9-8-10-29(19-27)39-31-30(37-38-39)21-34-32(36-31)35-28-13-11-26(12-14-28)15-16-40/h8-14,19,21-23,25,33,40H,5-7,15-18,20H2,1-4H3,(H,34,35,36)/t22?,23-/m1/s1. The summed E-state index contributed by atoms with van der Waals surface area (Å²) in [6.45, 7) is 14.4. The summed E-state index contributed by atoms with van der Waals surface area (Å²) in [5.74, 6) is 2.39. The van der Waals surface area contributed by atoms with Gasteiger partial charge in [0.05, 0.1) is 11.9 Å². The highest BCUT2D eigenvalue weighted by atomic mass is 16.2. The third kappa shape index (κ3) is 7.66. The zero-order chi connectivity index (χ0) is 28.5. The summed E-state index contributed by atoms with van der Waals surface area (Å²) in [7, 11) is 0. The molecule has 0 aliphatic rings. The molecule has 1 unspecified atom stereocenters. The quantitative estimate of drug-likeness (QED) is 0.156. The Bertz CT molecular complexity index is 1380. The number of fused-ring (bicyclic) bond motifs is 1. The fourth-order valence-electron chi connectivity index (χ4n) is 5.20. The van der Waals surface area contributed by atoms with Gasteiger partial charge in [0.2, 0.25) is 5.95 Å². The number of benzene rings is 2. The van der Waals surface area contributed by atoms with Gasteiger partial charge in [-0.2, -0.15) is 9.67 Å². The van der Waals surface area contributed by atoms with Crippen LogP contribution in [0.1, 0.15) is 64.5 Å². The van der Waals surface area contributed by atoms with Crippen LogP contribution in [0.15, 0.2) is 67.0 Å². The van der Waals surface area contributed by atoms with Crippen LogP contribution in [0.5, 0.6) is 0 Å². The van der Waals surface area contributed by atoms with Crippen molar-refractivity contribution in [2.45, 2.75) is 66.3 Å². The van der Waals surface area contributed by atoms with Crippen LogP contribution in [-0.2, 0) is 13.0 Å². The second kappa shape index (κ2) is 14.0. The summed E-state index contributed by atoms with van der Waals surface area (Å²) in [5.41, 5.74) is 6.30. The van der Waals surface area contributed by atoms with Gasteiger partial charge in [-0.25, -0.2) is 4.98 Å². The molecule has 0 spiro atoms. The van der Waals surface area contributed by atoms with Gasteiger partial charge < -0.3 is 15.7 Å². The number of anilines is 2. The van der Waals surface area contributed by atoms with Crippen molar-refractivity contribution in [1.29, 1.82) is 0 Å². The molecule has 0 fully saturated rings. The molecule has 0 amide bonds. The molecule has 4 aromatic rings. The van der Waals surface area contributed by atoms with Gasteiger partial charge in [0.25, 0.3) is 0 Å². The third-order valence-corrected chi connectivity index (χ3v) is 7.72. The normalized spacial score (nSPS) is 12.9. The maximum atomic E-state index is 9.13. The Kier molecular flexibility index (Phi) is 10.2. The van der Waals surface area contributed by atoms with Crippen molar-refractivity contribution >= 4 is 22.8 Å². The summed E-state index contributed by atoms with van der Waals surface area (Å²) >= 11 is 0. The van der Waals surface area contributed by atoms with E-state index in [4.69, 9.17) is 10.1 Å². The minimum absolute atomic E-state index is 0.132. The summed E-state index contributed by atoms with van der Waals surface area (Å²) < 4.78 is 1.74. The van der Waals surface area contributed by atoms with E-state index in [-0.39, 0.29) is 6.61 Å². The van der Waals surface area contributed by atoms with Gasteiger partial charge in [0, 0.05) is 24.5 Å². The van der Waals surface area contributed by atoms with Gasteiger partial charge in [-0.3, -0.25) is 0 Å². The lowest BCUT2D eigenvalue weighted by atomic mass is 9.86. The average Bonchev–Trinajstić information content (AvgIpc) is 3.39. The van der Waals surface area contributed by atoms with Crippen molar-refractivity contribution < 1.29 is 5.11 Å². The molecule has 40 heavy (non-hydrogen) atoms. The predicted molar refractivity (Wildman–Crippen MR) is 163 cm³/mol. The molecule has 0 aliphatic heterocycles. The Morgan fingerprint density at radius 1 is 1.02 bits per heavy atom. The summed E-state index contributed by atoms with van der Waals surface area (Å²) in [5, 5.41) is 24.6. The molecule has 0 bridgehead atoms. The van der Waals surface area contributed by atoms with Crippen molar-refractivity contribution in [2.75, 3.05) is 11.9 Å². The van der Waals surface area contributed by atoms with Crippen LogP contribution >= 0.6 is 0 Å². The van der Waals surface area contributed by atoms with E-state index in [1.807, 2.05) is 36.4 Å². The van der Waals surface area contributed by atoms with E-state index in [0.717, 1.165) is 40.5 Å². The third-order valence-electron chi connectivity index (χ3n) is 7.72. The molecule has 8 heteroatoms. The first-order valence-corrected chi connectivity index (χ1v) is 14.5. The number of aliphatic hydroxyl groups is 1. The highest BCUT2D eigenvalue weighted by Crippen LogP contribution is 2.26. The molecule has 8 nitrogen and oxygen atoms in total. The van der Waals surface area contributed by atoms with Crippen LogP contribution in [0.25, 0.3) is 16.9 Å². The Morgan fingerprint density at radius 2 is 1.80 bits per heavy atom. The number of hydrogen-bond acceptors (Lipinski definition) is 7. The lowest BCUT2D eigenvalue weighted by Crippen LogP contribution is -2.20. The summed E-state index contributed by atoms with van der Waals surface area (Å²) in [6, 6.07) is 16.1. The van der Waals surface area contributed by atoms with E-state index in [9.17, 15) is 0 Å². The number of allylic oxidation sites excluding steroid dienone is 1. The first-order valence-electron chi connectivity index (χ1n) is 14.5. The summed E-state index contributed by atoms with van der Waals surface area (Å²) in [4.78, 5) is 9.10. The predicted octanol–water partition coefficient (Wildman–Crippen LogP) is 6.58. The van der Waals surface area contributed by atoms with E-state index in [1.165, 1.54) is 19.3 Å². The van der Waals surface area contributed by atoms with E-state index >= 15 is 0 Å². The highest BCUT2D eigenvalue weighted by Gasteiger charge is 2.16. The van der Waals surface area contributed by atoms with Crippen molar-refractivity contribution in [2.24, 2.45) is 17.8 Å². The van der Waals surface area contributed by atoms with Gasteiger partial charge in [-0.05, 0) is 72.4 Å². The van der Waals surface area contributed by atoms with E-state index in [1.54, 1.807) is 10.9 Å². The SMILES string of the molecule is C=C(NCc1cccc(-n2nnc3cnc(Nc4ccc(CCO)cc4)nc32)c1)[C@H](C)CC(C)CC(CC)CC. The lowest BCUT2D eigenvalue weighted by molar-refractivity contribution is 0.299. The number of hydrogen-bond donors (Lipinski definition) is 3. The van der Waals surface area contributed by atoms with Gasteiger partial charge >= 0.3 is 0 Å². The fourth-order valence-corrected chi connectivity index (χ4v) is 5.20. The highest BCUT2D eigenvalue weighted by molar-refractivity contribution is 5.72. The van der Waals surface area contributed by atoms with E-state index in [2.05, 4.69) is 72.3 Å². The minimum Gasteiger partial charge on any atom is -0.396 e. The number of rotatable bonds is 15. The maximum Gasteiger partial charge on any atom is 0.229 e. The number of nitrogens with zero attached hydrogens (tertiary/aromatic N) is 5. The second-order valence-electron chi connectivity index (χ2n) is 10.9. The zero-order valence-corrected chi connectivity index (χ0v) is 24.3. The van der Waals surface area contributed by atoms with Gasteiger partial charge in [-0.15, -0.1) is 5.10 Å². The minimum atomic E-state index is 0.132. The molecular weight excluding hydrogens is 498 g/mol. The van der Waals surface area contributed by atoms with Crippen LogP contribution in [0, 0.1) is 17.8 Å². The smallest absolute Gasteiger partial charge is 0.229 e. The van der Waals surface area contributed by atoms with Crippen molar-refractivity contribution in [1.82, 2.24) is 30.3 Å². The van der Waals surface area contributed by atoms with E-state index in [0.29, 0.717) is 41.9 Å². The molecule has 0 saturated carbocycles. The van der Waals surface area contributed by atoms with Crippen LogP contribution in [-0.4, -0.2) is 36.7 Å². The fraction of sp³-hybridized carbons (Fsp3) is 0.438. The average molecular weight is 542 g/mol. The van der Waals surface area contributed by atoms with Crippen molar-refractivity contribution in [3.8, 4) is 5.69 Å².